The quantitative estimate of drug-likeness (QED) is 0.154. The van der Waals surface area contributed by atoms with Crippen molar-refractivity contribution in [3.05, 3.63) is 117 Å². The van der Waals surface area contributed by atoms with E-state index in [0.717, 1.165) is 4.90 Å². The zero-order chi connectivity index (χ0) is 32.7. The lowest BCUT2D eigenvalue weighted by atomic mass is 9.95. The first-order valence-electron chi connectivity index (χ1n) is 14.8. The number of nitrogens with zero attached hydrogens (tertiary/aromatic N) is 2. The molecule has 3 aromatic carbocycles. The summed E-state index contributed by atoms with van der Waals surface area (Å²) in [5.74, 6) is -0.617. The summed E-state index contributed by atoms with van der Waals surface area (Å²) in [5.41, 5.74) is 12.4. The number of halogens is 2. The van der Waals surface area contributed by atoms with E-state index < -0.39 is 0 Å². The lowest BCUT2D eigenvalue weighted by molar-refractivity contribution is -0.135. The number of amides is 2. The largest absolute Gasteiger partial charge is 0.359 e. The molecule has 46 heavy (non-hydrogen) atoms. The Bertz CT molecular complexity index is 2140. The van der Waals surface area contributed by atoms with Gasteiger partial charge in [0.2, 0.25) is 0 Å². The van der Waals surface area contributed by atoms with E-state index >= 15 is 0 Å². The highest BCUT2D eigenvalue weighted by molar-refractivity contribution is 9.14. The van der Waals surface area contributed by atoms with Crippen molar-refractivity contribution in [2.45, 2.75) is 20.8 Å². The Morgan fingerprint density at radius 2 is 1.02 bits per heavy atom. The van der Waals surface area contributed by atoms with Crippen LogP contribution in [0.2, 0.25) is 0 Å². The second-order valence-electron chi connectivity index (χ2n) is 11.4. The third-order valence-corrected chi connectivity index (χ3v) is 10.1. The molecule has 7 nitrogen and oxygen atoms in total. The van der Waals surface area contributed by atoms with Crippen LogP contribution < -0.4 is 0 Å². The molecule has 0 saturated heterocycles. The van der Waals surface area contributed by atoms with Gasteiger partial charge >= 0.3 is 0 Å². The second kappa shape index (κ2) is 12.7. The van der Waals surface area contributed by atoms with Crippen molar-refractivity contribution in [2.75, 3.05) is 7.05 Å². The first-order chi connectivity index (χ1) is 22.0. The molecule has 0 saturated carbocycles. The monoisotopic (exact) mass is 737 g/mol. The number of likely N-dealkylation sites (N-methyl/N-ethyl adjacent to an activating group) is 1. The smallest absolute Gasteiger partial charge is 0.268 e. The Morgan fingerprint density at radius 1 is 0.587 bits per heavy atom. The normalized spacial score (nSPS) is 13.1. The molecule has 0 bridgehead atoms. The van der Waals surface area contributed by atoms with E-state index in [9.17, 15) is 9.59 Å². The SMILES string of the molecule is CN1C(=O)C(Br)=C(Br)C1=O.Cc1[nH]c2ccccc2c1-c1cn(C)cc1-c1c(C)[nH]c2ccccc12.Cc1cc2ccccc2[nH]1. The van der Waals surface area contributed by atoms with Crippen molar-refractivity contribution in [3.63, 3.8) is 0 Å². The van der Waals surface area contributed by atoms with Gasteiger partial charge in [0.1, 0.15) is 8.96 Å². The molecule has 9 heteroatoms. The Labute approximate surface area is 283 Å². The number of fused-ring (bicyclic) bond motifs is 3. The predicted molar refractivity (Wildman–Crippen MR) is 195 cm³/mol. The van der Waals surface area contributed by atoms with E-state index in [-0.39, 0.29) is 11.8 Å². The maximum atomic E-state index is 10.9. The number of rotatable bonds is 2. The highest BCUT2D eigenvalue weighted by Crippen LogP contribution is 2.42. The predicted octanol–water partition coefficient (Wildman–Crippen LogP) is 9.40. The van der Waals surface area contributed by atoms with Gasteiger partial charge in [-0.05, 0) is 82.3 Å². The highest BCUT2D eigenvalue weighted by Gasteiger charge is 2.32. The summed E-state index contributed by atoms with van der Waals surface area (Å²) in [7, 11) is 3.53. The molecule has 7 aromatic rings. The fourth-order valence-electron chi connectivity index (χ4n) is 6.02. The second-order valence-corrected chi connectivity index (χ2v) is 13.0. The number of carbonyl (C=O) groups is 2. The van der Waals surface area contributed by atoms with Crippen LogP contribution in [0.4, 0.5) is 0 Å². The molecule has 3 N–H and O–H groups in total. The Morgan fingerprint density at radius 3 is 1.46 bits per heavy atom. The summed E-state index contributed by atoms with van der Waals surface area (Å²) < 4.78 is 2.74. The Hall–Kier alpha value is -4.60. The number of aromatic amines is 3. The number of para-hydroxylation sites is 3. The number of carbonyl (C=O) groups excluding carboxylic acids is 2. The van der Waals surface area contributed by atoms with Crippen LogP contribution in [0.25, 0.3) is 55.0 Å². The lowest BCUT2D eigenvalue weighted by Gasteiger charge is -2.06. The number of hydrogen-bond donors (Lipinski definition) is 3. The molecule has 1 aliphatic heterocycles. The van der Waals surface area contributed by atoms with Crippen molar-refractivity contribution in [1.82, 2.24) is 24.4 Å². The van der Waals surface area contributed by atoms with Crippen LogP contribution >= 0.6 is 31.9 Å². The molecular weight excluding hydrogens is 706 g/mol. The topological polar surface area (TPSA) is 89.7 Å². The van der Waals surface area contributed by atoms with Gasteiger partial charge in [-0.3, -0.25) is 14.5 Å². The average Bonchev–Trinajstić information content (AvgIpc) is 3.82. The number of H-pyrrole nitrogens is 3. The third-order valence-electron chi connectivity index (χ3n) is 8.12. The summed E-state index contributed by atoms with van der Waals surface area (Å²) in [5, 5.41) is 3.84. The lowest BCUT2D eigenvalue weighted by Crippen LogP contribution is -2.25. The molecule has 1 aliphatic rings. The maximum Gasteiger partial charge on any atom is 0.268 e. The standard InChI is InChI=1S/C23H21N3.C9H9N.C5H3Br2NO2/c1-14-22(16-8-4-6-10-20(16)24-14)18-12-26(3)13-19(18)23-15(2)25-21-11-7-5-9-17(21)23;1-7-6-8-4-2-3-5-9(8)10-7;1-8-4(9)2(6)3(7)5(8)10/h4-13,24-25H,1-3H3;2-6,10H,1H3;1H3. The molecule has 4 aromatic heterocycles. The van der Waals surface area contributed by atoms with Crippen LogP contribution in [-0.4, -0.2) is 43.3 Å². The summed E-state index contributed by atoms with van der Waals surface area (Å²) in [6, 6.07) is 27.5. The highest BCUT2D eigenvalue weighted by atomic mass is 79.9. The summed E-state index contributed by atoms with van der Waals surface area (Å²) >= 11 is 5.94. The van der Waals surface area contributed by atoms with Gasteiger partial charge in [0.05, 0.1) is 0 Å². The molecule has 0 radical (unpaired) electrons. The zero-order valence-corrected chi connectivity index (χ0v) is 29.3. The molecule has 5 heterocycles. The Balaban J connectivity index is 0.000000152. The summed E-state index contributed by atoms with van der Waals surface area (Å²) in [6.45, 7) is 6.39. The number of nitrogens with one attached hydrogen (secondary N) is 3. The van der Waals surface area contributed by atoms with Crippen LogP contribution in [0.15, 0.2) is 100 Å². The van der Waals surface area contributed by atoms with Crippen LogP contribution in [0, 0.1) is 20.8 Å². The van der Waals surface area contributed by atoms with E-state index in [2.05, 4.69) is 164 Å². The van der Waals surface area contributed by atoms with Crippen LogP contribution in [0.5, 0.6) is 0 Å². The van der Waals surface area contributed by atoms with E-state index in [1.807, 2.05) is 6.07 Å². The van der Waals surface area contributed by atoms with Gasteiger partial charge in [0.15, 0.2) is 0 Å². The van der Waals surface area contributed by atoms with Gasteiger partial charge in [0, 0.05) is 93.1 Å². The average molecular weight is 740 g/mol. The number of aromatic nitrogens is 4. The van der Waals surface area contributed by atoms with E-state index in [0.29, 0.717) is 8.96 Å². The minimum absolute atomic E-state index is 0.292. The van der Waals surface area contributed by atoms with Gasteiger partial charge in [-0.1, -0.05) is 54.6 Å². The van der Waals surface area contributed by atoms with Crippen molar-refractivity contribution in [1.29, 1.82) is 0 Å². The van der Waals surface area contributed by atoms with Gasteiger partial charge in [-0.15, -0.1) is 0 Å². The maximum absolute atomic E-state index is 10.9. The van der Waals surface area contributed by atoms with E-state index in [1.165, 1.54) is 79.1 Å². The van der Waals surface area contributed by atoms with E-state index in [4.69, 9.17) is 0 Å². The molecule has 0 atom stereocenters. The number of imide groups is 1. The van der Waals surface area contributed by atoms with Gasteiger partial charge in [-0.25, -0.2) is 0 Å². The summed E-state index contributed by atoms with van der Waals surface area (Å²) in [6.07, 6.45) is 4.47. The molecule has 0 fully saturated rings. The summed E-state index contributed by atoms with van der Waals surface area (Å²) in [4.78, 5) is 33.2. The molecule has 0 spiro atoms. The van der Waals surface area contributed by atoms with E-state index in [1.54, 1.807) is 0 Å². The van der Waals surface area contributed by atoms with Gasteiger partial charge < -0.3 is 19.5 Å². The minimum Gasteiger partial charge on any atom is -0.359 e. The molecule has 232 valence electrons. The number of benzene rings is 3. The minimum atomic E-state index is -0.308. The van der Waals surface area contributed by atoms with Crippen molar-refractivity contribution >= 4 is 76.4 Å². The number of hydrogen-bond acceptors (Lipinski definition) is 2. The fourth-order valence-corrected chi connectivity index (χ4v) is 6.89. The van der Waals surface area contributed by atoms with Gasteiger partial charge in [0.25, 0.3) is 11.8 Å². The van der Waals surface area contributed by atoms with Crippen molar-refractivity contribution < 1.29 is 9.59 Å². The Kier molecular flexibility index (Phi) is 8.63. The first kappa shape index (κ1) is 31.4. The molecule has 0 aliphatic carbocycles. The van der Waals surface area contributed by atoms with Crippen LogP contribution in [0.3, 0.4) is 0 Å². The van der Waals surface area contributed by atoms with Crippen LogP contribution in [0.1, 0.15) is 17.1 Å². The molecule has 8 rings (SSSR count). The van der Waals surface area contributed by atoms with Gasteiger partial charge in [-0.2, -0.15) is 0 Å². The molecule has 0 unspecified atom stereocenters. The molecule has 2 amide bonds. The molecular formula is C37H33Br2N5O2. The van der Waals surface area contributed by atoms with Crippen LogP contribution in [-0.2, 0) is 16.6 Å². The zero-order valence-electron chi connectivity index (χ0n) is 26.1. The number of aryl methyl sites for hydroxylation is 4. The fraction of sp³-hybridized carbons (Fsp3) is 0.135. The van der Waals surface area contributed by atoms with Crippen molar-refractivity contribution in [3.8, 4) is 22.3 Å². The third kappa shape index (κ3) is 5.76. The van der Waals surface area contributed by atoms with Crippen molar-refractivity contribution in [2.24, 2.45) is 7.05 Å². The first-order valence-corrected chi connectivity index (χ1v) is 16.4.